The quantitative estimate of drug-likeness (QED) is 0.605. The van der Waals surface area contributed by atoms with Crippen molar-refractivity contribution in [3.8, 4) is 0 Å². The Morgan fingerprint density at radius 2 is 1.77 bits per heavy atom. The summed E-state index contributed by atoms with van der Waals surface area (Å²) in [5.74, 6) is -0.642. The van der Waals surface area contributed by atoms with Crippen LogP contribution >= 0.6 is 0 Å². The zero-order chi connectivity index (χ0) is 10.1. The van der Waals surface area contributed by atoms with Crippen molar-refractivity contribution < 1.29 is 22.1 Å². The maximum Gasteiger partial charge on any atom is 0.264 e. The van der Waals surface area contributed by atoms with E-state index < -0.39 is 22.0 Å². The summed E-state index contributed by atoms with van der Waals surface area (Å²) in [5.41, 5.74) is 0. The molecule has 0 bridgehead atoms. The average Bonchev–Trinajstić information content (AvgIpc) is 1.91. The molecule has 0 saturated carbocycles. The Bertz CT molecular complexity index is 259. The summed E-state index contributed by atoms with van der Waals surface area (Å²) < 4.78 is 36.6. The molecular weight excluding hydrogens is 196 g/mol. The standard InChI is InChI=1S/C7H14O5S/c1-7(2)10-4-6(5-11-7)12-13(3,8)9/h6H,4-5H2,1-3H3. The van der Waals surface area contributed by atoms with Crippen LogP contribution in [0, 0.1) is 0 Å². The van der Waals surface area contributed by atoms with Gasteiger partial charge in [0.1, 0.15) is 6.10 Å². The van der Waals surface area contributed by atoms with Gasteiger partial charge in [-0.1, -0.05) is 0 Å². The minimum absolute atomic E-state index is 0.236. The molecule has 0 aliphatic carbocycles. The predicted octanol–water partition coefficient (Wildman–Crippen LogP) is 0.114. The van der Waals surface area contributed by atoms with Gasteiger partial charge >= 0.3 is 0 Å². The topological polar surface area (TPSA) is 61.8 Å². The van der Waals surface area contributed by atoms with Gasteiger partial charge in [0, 0.05) is 0 Å². The van der Waals surface area contributed by atoms with Gasteiger partial charge in [0.2, 0.25) is 0 Å². The van der Waals surface area contributed by atoms with Gasteiger partial charge in [0.15, 0.2) is 5.79 Å². The van der Waals surface area contributed by atoms with Crippen molar-refractivity contribution in [2.75, 3.05) is 19.5 Å². The molecule has 5 nitrogen and oxygen atoms in total. The average molecular weight is 210 g/mol. The van der Waals surface area contributed by atoms with Gasteiger partial charge in [-0.15, -0.1) is 0 Å². The molecule has 0 aromatic rings. The maximum absolute atomic E-state index is 10.7. The second kappa shape index (κ2) is 3.53. The zero-order valence-electron chi connectivity index (χ0n) is 7.94. The Morgan fingerprint density at radius 3 is 2.15 bits per heavy atom. The molecule has 1 fully saturated rings. The molecule has 0 aromatic heterocycles. The first kappa shape index (κ1) is 10.9. The number of ether oxygens (including phenoxy) is 2. The van der Waals surface area contributed by atoms with E-state index in [9.17, 15) is 8.42 Å². The normalized spacial score (nSPS) is 24.5. The van der Waals surface area contributed by atoms with E-state index in [1.54, 1.807) is 13.8 Å². The van der Waals surface area contributed by atoms with Crippen LogP contribution in [0.2, 0.25) is 0 Å². The SMILES string of the molecule is CC1(C)OCC(OS(C)(=O)=O)CO1. The summed E-state index contributed by atoms with van der Waals surface area (Å²) in [7, 11) is -3.42. The third-order valence-electron chi connectivity index (χ3n) is 1.54. The van der Waals surface area contributed by atoms with Gasteiger partial charge in [-0.05, 0) is 13.8 Å². The van der Waals surface area contributed by atoms with E-state index in [0.29, 0.717) is 0 Å². The lowest BCUT2D eigenvalue weighted by Gasteiger charge is -2.34. The van der Waals surface area contributed by atoms with E-state index in [1.165, 1.54) is 0 Å². The molecule has 1 saturated heterocycles. The molecule has 1 rings (SSSR count). The molecule has 0 unspecified atom stereocenters. The number of rotatable bonds is 2. The molecule has 1 aliphatic heterocycles. The van der Waals surface area contributed by atoms with Crippen molar-refractivity contribution in [1.29, 1.82) is 0 Å². The minimum Gasteiger partial charge on any atom is -0.348 e. The first-order chi connectivity index (χ1) is 5.79. The minimum atomic E-state index is -3.42. The largest absolute Gasteiger partial charge is 0.348 e. The fourth-order valence-electron chi connectivity index (χ4n) is 0.980. The van der Waals surface area contributed by atoms with Gasteiger partial charge in [-0.2, -0.15) is 8.42 Å². The monoisotopic (exact) mass is 210 g/mol. The second-order valence-electron chi connectivity index (χ2n) is 3.44. The first-order valence-electron chi connectivity index (χ1n) is 3.95. The van der Waals surface area contributed by atoms with Crippen LogP contribution < -0.4 is 0 Å². The van der Waals surface area contributed by atoms with Crippen LogP contribution in [0.4, 0.5) is 0 Å². The highest BCUT2D eigenvalue weighted by Crippen LogP contribution is 2.19. The van der Waals surface area contributed by atoms with Gasteiger partial charge in [-0.25, -0.2) is 0 Å². The van der Waals surface area contributed by atoms with E-state index in [-0.39, 0.29) is 13.2 Å². The molecule has 0 amide bonds. The van der Waals surface area contributed by atoms with Gasteiger partial charge in [0.05, 0.1) is 19.5 Å². The van der Waals surface area contributed by atoms with Crippen LogP contribution in [0.25, 0.3) is 0 Å². The fraction of sp³-hybridized carbons (Fsp3) is 1.00. The lowest BCUT2D eigenvalue weighted by Crippen LogP contribution is -2.43. The third-order valence-corrected chi connectivity index (χ3v) is 2.17. The molecule has 0 aromatic carbocycles. The Hall–Kier alpha value is -0.170. The third kappa shape index (κ3) is 4.04. The van der Waals surface area contributed by atoms with E-state index >= 15 is 0 Å². The number of hydrogen-bond acceptors (Lipinski definition) is 5. The Labute approximate surface area is 78.1 Å². The molecule has 0 N–H and O–H groups in total. The highest BCUT2D eigenvalue weighted by molar-refractivity contribution is 7.86. The van der Waals surface area contributed by atoms with Crippen molar-refractivity contribution in [1.82, 2.24) is 0 Å². The molecule has 1 heterocycles. The zero-order valence-corrected chi connectivity index (χ0v) is 8.76. The molecule has 0 spiro atoms. The van der Waals surface area contributed by atoms with Crippen LogP contribution in [-0.4, -0.2) is 39.8 Å². The maximum atomic E-state index is 10.7. The Balaban J connectivity index is 2.43. The first-order valence-corrected chi connectivity index (χ1v) is 5.76. The number of hydrogen-bond donors (Lipinski definition) is 0. The van der Waals surface area contributed by atoms with E-state index in [2.05, 4.69) is 0 Å². The van der Waals surface area contributed by atoms with Gasteiger partial charge in [0.25, 0.3) is 10.1 Å². The lowest BCUT2D eigenvalue weighted by atomic mass is 10.3. The van der Waals surface area contributed by atoms with Crippen molar-refractivity contribution in [3.05, 3.63) is 0 Å². The summed E-state index contributed by atoms with van der Waals surface area (Å²) in [6, 6.07) is 0. The van der Waals surface area contributed by atoms with Crippen molar-refractivity contribution in [2.24, 2.45) is 0 Å². The highest BCUT2D eigenvalue weighted by atomic mass is 32.2. The second-order valence-corrected chi connectivity index (χ2v) is 5.04. The van der Waals surface area contributed by atoms with Crippen LogP contribution in [0.15, 0.2) is 0 Å². The predicted molar refractivity (Wildman–Crippen MR) is 45.7 cm³/mol. The molecule has 78 valence electrons. The van der Waals surface area contributed by atoms with Crippen molar-refractivity contribution in [3.63, 3.8) is 0 Å². The van der Waals surface area contributed by atoms with E-state index in [4.69, 9.17) is 13.7 Å². The summed E-state index contributed by atoms with van der Waals surface area (Å²) in [6.07, 6.45) is 0.482. The van der Waals surface area contributed by atoms with Gasteiger partial charge < -0.3 is 9.47 Å². The highest BCUT2D eigenvalue weighted by Gasteiger charge is 2.30. The van der Waals surface area contributed by atoms with Crippen LogP contribution in [0.3, 0.4) is 0 Å². The molecular formula is C7H14O5S. The van der Waals surface area contributed by atoms with Crippen molar-refractivity contribution in [2.45, 2.75) is 25.7 Å². The molecule has 0 atom stereocenters. The van der Waals surface area contributed by atoms with Gasteiger partial charge in [-0.3, -0.25) is 4.18 Å². The van der Waals surface area contributed by atoms with E-state index in [1.807, 2.05) is 0 Å². The summed E-state index contributed by atoms with van der Waals surface area (Å²) in [6.45, 7) is 4.01. The Kier molecular flexibility index (Phi) is 2.96. The smallest absolute Gasteiger partial charge is 0.264 e. The fourth-order valence-corrected chi connectivity index (χ4v) is 1.59. The van der Waals surface area contributed by atoms with Crippen LogP contribution in [-0.2, 0) is 23.8 Å². The summed E-state index contributed by atoms with van der Waals surface area (Å²) in [4.78, 5) is 0. The molecule has 6 heteroatoms. The molecule has 13 heavy (non-hydrogen) atoms. The summed E-state index contributed by atoms with van der Waals surface area (Å²) in [5, 5.41) is 0. The van der Waals surface area contributed by atoms with Crippen LogP contribution in [0.1, 0.15) is 13.8 Å². The lowest BCUT2D eigenvalue weighted by molar-refractivity contribution is -0.268. The molecule has 0 radical (unpaired) electrons. The van der Waals surface area contributed by atoms with Crippen LogP contribution in [0.5, 0.6) is 0 Å². The Morgan fingerprint density at radius 1 is 1.31 bits per heavy atom. The van der Waals surface area contributed by atoms with Crippen molar-refractivity contribution >= 4 is 10.1 Å². The molecule has 1 aliphatic rings. The summed E-state index contributed by atoms with van der Waals surface area (Å²) >= 11 is 0. The van der Waals surface area contributed by atoms with E-state index in [0.717, 1.165) is 6.26 Å².